The molecule has 2 aliphatic rings. The van der Waals surface area contributed by atoms with Crippen LogP contribution in [0.3, 0.4) is 0 Å². The van der Waals surface area contributed by atoms with Crippen molar-refractivity contribution >= 4 is 23.7 Å². The third-order valence-corrected chi connectivity index (χ3v) is 8.85. The second-order valence-electron chi connectivity index (χ2n) is 14.9. The highest BCUT2D eigenvalue weighted by Gasteiger charge is 2.48. The second-order valence-corrected chi connectivity index (χ2v) is 14.9. The van der Waals surface area contributed by atoms with E-state index in [1.54, 1.807) is 49.9 Å². The van der Waals surface area contributed by atoms with Crippen LogP contribution in [-0.4, -0.2) is 59.9 Å². The molecular weight excluding hydrogens is 663 g/mol. The van der Waals surface area contributed by atoms with E-state index in [1.807, 2.05) is 65.8 Å². The number of fused-ring (bicyclic) bond motifs is 3. The van der Waals surface area contributed by atoms with E-state index in [-0.39, 0.29) is 28.4 Å². The molecule has 0 spiro atoms. The van der Waals surface area contributed by atoms with E-state index in [0.29, 0.717) is 38.9 Å². The van der Waals surface area contributed by atoms with E-state index in [1.165, 1.54) is 0 Å². The van der Waals surface area contributed by atoms with Crippen LogP contribution in [0.25, 0.3) is 11.1 Å². The second kappa shape index (κ2) is 20.1. The third kappa shape index (κ3) is 11.0. The van der Waals surface area contributed by atoms with Gasteiger partial charge in [0.15, 0.2) is 0 Å². The minimum absolute atomic E-state index is 0.0107. The molecule has 0 bridgehead atoms. The number of carbonyl (C=O) groups is 4. The highest BCUT2D eigenvalue weighted by atomic mass is 16.6. The van der Waals surface area contributed by atoms with Gasteiger partial charge in [-0.1, -0.05) is 123 Å². The Bertz CT molecular complexity index is 1620. The van der Waals surface area contributed by atoms with Gasteiger partial charge in [-0.15, -0.1) is 0 Å². The summed E-state index contributed by atoms with van der Waals surface area (Å²) in [5.41, 5.74) is 3.01. The lowest BCUT2D eigenvalue weighted by molar-refractivity contribution is -0.129. The van der Waals surface area contributed by atoms with Gasteiger partial charge in [0.2, 0.25) is 11.8 Å². The Kier molecular flexibility index (Phi) is 17.0. The van der Waals surface area contributed by atoms with Crippen molar-refractivity contribution in [2.75, 3.05) is 19.6 Å². The Labute approximate surface area is 319 Å². The molecule has 1 unspecified atom stereocenters. The lowest BCUT2D eigenvalue weighted by Crippen LogP contribution is -2.46. The van der Waals surface area contributed by atoms with E-state index >= 15 is 0 Å². The first kappa shape index (κ1) is 44.7. The van der Waals surface area contributed by atoms with Crippen LogP contribution in [0.1, 0.15) is 141 Å². The predicted octanol–water partition coefficient (Wildman–Crippen LogP) is 9.35. The molecule has 1 fully saturated rings. The maximum absolute atomic E-state index is 14.2. The van der Waals surface area contributed by atoms with Gasteiger partial charge in [-0.25, -0.2) is 4.79 Å². The summed E-state index contributed by atoms with van der Waals surface area (Å²) < 4.78 is 5.48. The van der Waals surface area contributed by atoms with Crippen LogP contribution in [0.15, 0.2) is 72.8 Å². The quantitative estimate of drug-likeness (QED) is 0.160. The van der Waals surface area contributed by atoms with Crippen LogP contribution in [0, 0.1) is 5.41 Å². The van der Waals surface area contributed by atoms with Crippen molar-refractivity contribution in [3.05, 3.63) is 95.1 Å². The number of nitrogens with zero attached hydrogens (tertiary/aromatic N) is 1. The number of unbranched alkanes of at least 4 members (excludes halogenated alkanes) is 1. The number of nitrogens with one attached hydrogen (secondary N) is 2. The van der Waals surface area contributed by atoms with Crippen molar-refractivity contribution in [3.63, 3.8) is 0 Å². The van der Waals surface area contributed by atoms with E-state index < -0.39 is 28.9 Å². The van der Waals surface area contributed by atoms with Gasteiger partial charge in [0, 0.05) is 19.6 Å². The van der Waals surface area contributed by atoms with Crippen LogP contribution < -0.4 is 10.6 Å². The minimum Gasteiger partial charge on any atom is -0.456 e. The summed E-state index contributed by atoms with van der Waals surface area (Å²) in [6.45, 7) is 25.3. The van der Waals surface area contributed by atoms with Gasteiger partial charge >= 0.3 is 5.97 Å². The molecule has 5 rings (SSSR count). The van der Waals surface area contributed by atoms with E-state index in [0.717, 1.165) is 28.7 Å². The molecule has 0 saturated carbocycles. The topological polar surface area (TPSA) is 105 Å². The normalized spacial score (nSPS) is 15.2. The zero-order valence-corrected chi connectivity index (χ0v) is 34.4. The van der Waals surface area contributed by atoms with Crippen molar-refractivity contribution in [3.8, 4) is 11.1 Å². The Morgan fingerprint density at radius 2 is 1.26 bits per heavy atom. The predicted molar refractivity (Wildman–Crippen MR) is 217 cm³/mol. The van der Waals surface area contributed by atoms with Crippen molar-refractivity contribution < 1.29 is 23.9 Å². The van der Waals surface area contributed by atoms with E-state index in [4.69, 9.17) is 4.74 Å². The lowest BCUT2D eigenvalue weighted by Gasteiger charge is -2.32. The SMILES string of the molecule is CC.CC.CC.CC(C)(C)CNC(=O)C1(CCCCN2CCC(NC(=O)c3ccccc3C(=O)OC(C)(C)C)C2=O)c2ccccc2-c2ccccc21. The molecular formula is C45H65N3O5. The zero-order chi connectivity index (χ0) is 40.0. The Hall–Kier alpha value is -4.46. The summed E-state index contributed by atoms with van der Waals surface area (Å²) >= 11 is 0. The average molecular weight is 728 g/mol. The molecule has 1 saturated heterocycles. The fourth-order valence-electron chi connectivity index (χ4n) is 6.67. The molecule has 2 N–H and O–H groups in total. The van der Waals surface area contributed by atoms with Gasteiger partial charge in [0.05, 0.1) is 11.1 Å². The van der Waals surface area contributed by atoms with Crippen LogP contribution in [0.4, 0.5) is 0 Å². The van der Waals surface area contributed by atoms with Gasteiger partial charge in [0.1, 0.15) is 17.1 Å². The number of benzene rings is 3. The molecule has 1 heterocycles. The molecule has 3 aromatic rings. The summed E-state index contributed by atoms with van der Waals surface area (Å²) in [7, 11) is 0. The number of ether oxygens (including phenoxy) is 1. The smallest absolute Gasteiger partial charge is 0.339 e. The third-order valence-electron chi connectivity index (χ3n) is 8.85. The molecule has 8 nitrogen and oxygen atoms in total. The van der Waals surface area contributed by atoms with Gasteiger partial charge in [-0.3, -0.25) is 14.4 Å². The van der Waals surface area contributed by atoms with Crippen molar-refractivity contribution in [1.29, 1.82) is 0 Å². The van der Waals surface area contributed by atoms with Crippen LogP contribution >= 0.6 is 0 Å². The summed E-state index contributed by atoms with van der Waals surface area (Å²) in [5.74, 6) is -1.19. The molecule has 290 valence electrons. The summed E-state index contributed by atoms with van der Waals surface area (Å²) in [5, 5.41) is 6.11. The van der Waals surface area contributed by atoms with Gasteiger partial charge < -0.3 is 20.3 Å². The number of hydrogen-bond acceptors (Lipinski definition) is 5. The molecule has 8 heteroatoms. The number of amides is 3. The minimum atomic E-state index is -0.814. The van der Waals surface area contributed by atoms with Crippen molar-refractivity contribution in [2.24, 2.45) is 5.41 Å². The first-order valence-electron chi connectivity index (χ1n) is 19.6. The fourth-order valence-corrected chi connectivity index (χ4v) is 6.67. The van der Waals surface area contributed by atoms with Gasteiger partial charge in [-0.2, -0.15) is 0 Å². The Balaban J connectivity index is 0.00000154. The molecule has 3 amide bonds. The number of likely N-dealkylation sites (tertiary alicyclic amines) is 1. The van der Waals surface area contributed by atoms with E-state index in [9.17, 15) is 19.2 Å². The van der Waals surface area contributed by atoms with Gasteiger partial charge in [0.25, 0.3) is 5.91 Å². The summed E-state index contributed by atoms with van der Waals surface area (Å²) in [6, 6.07) is 22.2. The fraction of sp³-hybridized carbons (Fsp3) is 0.511. The maximum atomic E-state index is 14.2. The molecule has 0 radical (unpaired) electrons. The highest BCUT2D eigenvalue weighted by Crippen LogP contribution is 2.51. The standard InChI is InChI=1S/C39H47N3O5.3C2H6/c1-37(2,3)25-40-36(46)39(30-19-11-9-15-26(30)27-16-10-12-20-31(27)39)22-13-14-23-42-24-21-32(34(42)44)41-33(43)28-17-7-8-18-29(28)35(45)47-38(4,5)6;3*1-2/h7-12,15-20,32H,13-14,21-25H2,1-6H3,(H,40,46)(H,41,43);3*1-2H3. The zero-order valence-electron chi connectivity index (χ0n) is 34.4. The lowest BCUT2D eigenvalue weighted by atomic mass is 9.73. The summed E-state index contributed by atoms with van der Waals surface area (Å²) in [6.07, 6.45) is 2.54. The molecule has 0 aromatic heterocycles. The average Bonchev–Trinajstić information content (AvgIpc) is 3.64. The van der Waals surface area contributed by atoms with Crippen molar-refractivity contribution in [1.82, 2.24) is 15.5 Å². The Morgan fingerprint density at radius 1 is 0.755 bits per heavy atom. The summed E-state index contributed by atoms with van der Waals surface area (Å²) in [4.78, 5) is 55.3. The number of esters is 1. The molecule has 1 atom stereocenters. The first-order chi connectivity index (χ1) is 25.2. The van der Waals surface area contributed by atoms with E-state index in [2.05, 4.69) is 55.7 Å². The molecule has 1 aliphatic heterocycles. The maximum Gasteiger partial charge on any atom is 0.339 e. The van der Waals surface area contributed by atoms with Crippen LogP contribution in [-0.2, 0) is 19.7 Å². The largest absolute Gasteiger partial charge is 0.456 e. The van der Waals surface area contributed by atoms with Crippen LogP contribution in [0.5, 0.6) is 0 Å². The number of rotatable bonds is 10. The highest BCUT2D eigenvalue weighted by molar-refractivity contribution is 6.06. The first-order valence-corrected chi connectivity index (χ1v) is 19.6. The van der Waals surface area contributed by atoms with Crippen molar-refractivity contribution in [2.45, 2.75) is 126 Å². The molecule has 1 aliphatic carbocycles. The molecule has 3 aromatic carbocycles. The molecule has 53 heavy (non-hydrogen) atoms. The monoisotopic (exact) mass is 727 g/mol. The van der Waals surface area contributed by atoms with Crippen LogP contribution in [0.2, 0.25) is 0 Å². The van der Waals surface area contributed by atoms with Gasteiger partial charge in [-0.05, 0) is 86.3 Å². The number of carbonyl (C=O) groups excluding carboxylic acids is 4. The Morgan fingerprint density at radius 3 is 1.79 bits per heavy atom. The number of hydrogen-bond donors (Lipinski definition) is 2.